The first-order valence-corrected chi connectivity index (χ1v) is 4.29. The van der Waals surface area contributed by atoms with Gasteiger partial charge in [0.2, 0.25) is 0 Å². The molecule has 1 rings (SSSR count). The highest BCUT2D eigenvalue weighted by atomic mass is 16.5. The van der Waals surface area contributed by atoms with Crippen molar-refractivity contribution in [2.45, 2.75) is 45.2 Å². The maximum Gasteiger partial charge on any atom is 0.111 e. The number of aliphatic hydroxyl groups is 3. The van der Waals surface area contributed by atoms with Crippen LogP contribution < -0.4 is 0 Å². The summed E-state index contributed by atoms with van der Waals surface area (Å²) in [6.45, 7) is 5.41. The Morgan fingerprint density at radius 1 is 1.17 bits per heavy atom. The normalized spacial score (nSPS) is 40.5. The van der Waals surface area contributed by atoms with E-state index in [4.69, 9.17) is 20.1 Å². The number of ether oxygens (including phenoxy) is 1. The average Bonchev–Trinajstić information content (AvgIpc) is 2.36. The zero-order valence-electron chi connectivity index (χ0n) is 7.77. The highest BCUT2D eigenvalue weighted by Crippen LogP contribution is 2.19. The van der Waals surface area contributed by atoms with Crippen LogP contribution >= 0.6 is 0 Å². The summed E-state index contributed by atoms with van der Waals surface area (Å²) >= 11 is 0. The van der Waals surface area contributed by atoms with Gasteiger partial charge in [-0.25, -0.2) is 0 Å². The van der Waals surface area contributed by atoms with E-state index in [2.05, 4.69) is 0 Å². The summed E-state index contributed by atoms with van der Waals surface area (Å²) < 4.78 is 4.98. The Kier molecular flexibility index (Phi) is 5.41. The zero-order valence-corrected chi connectivity index (χ0v) is 7.77. The molecule has 1 aliphatic heterocycles. The lowest BCUT2D eigenvalue weighted by Gasteiger charge is -2.10. The Labute approximate surface area is 72.8 Å². The molecule has 0 saturated carbocycles. The van der Waals surface area contributed by atoms with Crippen LogP contribution in [-0.4, -0.2) is 46.3 Å². The highest BCUT2D eigenvalue weighted by Gasteiger charge is 2.39. The maximum atomic E-state index is 9.09. The Balaban J connectivity index is 0.000000561. The molecule has 4 nitrogen and oxygen atoms in total. The minimum absolute atomic E-state index is 0.247. The molecule has 1 aliphatic rings. The summed E-state index contributed by atoms with van der Waals surface area (Å²) in [5.41, 5.74) is 0. The van der Waals surface area contributed by atoms with Crippen LogP contribution in [0.1, 0.15) is 20.8 Å². The minimum Gasteiger partial charge on any atom is -0.394 e. The van der Waals surface area contributed by atoms with E-state index in [0.29, 0.717) is 0 Å². The van der Waals surface area contributed by atoms with Gasteiger partial charge in [0.05, 0.1) is 12.7 Å². The van der Waals surface area contributed by atoms with Crippen molar-refractivity contribution in [2.75, 3.05) is 6.61 Å². The summed E-state index contributed by atoms with van der Waals surface area (Å²) in [7, 11) is 0. The minimum atomic E-state index is -0.944. The van der Waals surface area contributed by atoms with Crippen molar-refractivity contribution in [2.24, 2.45) is 0 Å². The zero-order chi connectivity index (χ0) is 9.72. The number of hydrogen-bond acceptors (Lipinski definition) is 4. The van der Waals surface area contributed by atoms with E-state index in [1.165, 1.54) is 0 Å². The average molecular weight is 178 g/mol. The van der Waals surface area contributed by atoms with Crippen molar-refractivity contribution < 1.29 is 20.1 Å². The van der Waals surface area contributed by atoms with E-state index < -0.39 is 18.3 Å². The van der Waals surface area contributed by atoms with Crippen LogP contribution in [0.15, 0.2) is 0 Å². The van der Waals surface area contributed by atoms with Gasteiger partial charge in [0.25, 0.3) is 0 Å². The van der Waals surface area contributed by atoms with Crippen LogP contribution in [0, 0.1) is 0 Å². The van der Waals surface area contributed by atoms with Crippen LogP contribution in [0.2, 0.25) is 0 Å². The van der Waals surface area contributed by atoms with Crippen molar-refractivity contribution in [3.63, 3.8) is 0 Å². The van der Waals surface area contributed by atoms with Crippen LogP contribution in [-0.2, 0) is 4.74 Å². The third kappa shape index (κ3) is 2.42. The Hall–Kier alpha value is -0.160. The van der Waals surface area contributed by atoms with Gasteiger partial charge in [-0.05, 0) is 6.92 Å². The fraction of sp³-hybridized carbons (Fsp3) is 1.00. The molecule has 4 atom stereocenters. The number of hydrogen-bond donors (Lipinski definition) is 3. The van der Waals surface area contributed by atoms with Gasteiger partial charge in [0.1, 0.15) is 18.3 Å². The second-order valence-corrected chi connectivity index (χ2v) is 2.54. The molecule has 1 saturated heterocycles. The summed E-state index contributed by atoms with van der Waals surface area (Å²) in [6.07, 6.45) is -2.81. The van der Waals surface area contributed by atoms with E-state index in [0.717, 1.165) is 0 Å². The summed E-state index contributed by atoms with van der Waals surface area (Å²) in [6, 6.07) is 0. The fourth-order valence-corrected chi connectivity index (χ4v) is 1.09. The standard InChI is InChI=1S/C6H12O4.C2H6/c1-3-5(8)6(9)4(2-7)10-3;1-2/h3-9H,2H2,1H3;1-2H3/t3?,4-,5+,6-;/m1./s1. The second-order valence-electron chi connectivity index (χ2n) is 2.54. The van der Waals surface area contributed by atoms with Crippen LogP contribution in [0.4, 0.5) is 0 Å². The molecule has 1 unspecified atom stereocenters. The molecular formula is C8H18O4. The summed E-state index contributed by atoms with van der Waals surface area (Å²) in [5, 5.41) is 26.8. The van der Waals surface area contributed by atoms with Gasteiger partial charge in [-0.3, -0.25) is 0 Å². The van der Waals surface area contributed by atoms with Crippen molar-refractivity contribution in [3.05, 3.63) is 0 Å². The van der Waals surface area contributed by atoms with Crippen molar-refractivity contribution >= 4 is 0 Å². The third-order valence-corrected chi connectivity index (χ3v) is 1.78. The van der Waals surface area contributed by atoms with Gasteiger partial charge < -0.3 is 20.1 Å². The molecule has 0 aromatic heterocycles. The first kappa shape index (κ1) is 11.8. The molecule has 3 N–H and O–H groups in total. The van der Waals surface area contributed by atoms with Crippen molar-refractivity contribution in [1.82, 2.24) is 0 Å². The first-order chi connectivity index (χ1) is 5.66. The van der Waals surface area contributed by atoms with Crippen molar-refractivity contribution in [1.29, 1.82) is 0 Å². The van der Waals surface area contributed by atoms with Gasteiger partial charge in [-0.2, -0.15) is 0 Å². The van der Waals surface area contributed by atoms with Crippen LogP contribution in [0.3, 0.4) is 0 Å². The molecule has 0 amide bonds. The monoisotopic (exact) mass is 178 g/mol. The molecule has 74 valence electrons. The van der Waals surface area contributed by atoms with Gasteiger partial charge >= 0.3 is 0 Å². The molecular weight excluding hydrogens is 160 g/mol. The Morgan fingerprint density at radius 2 is 1.67 bits per heavy atom. The molecule has 1 heterocycles. The molecule has 1 fully saturated rings. The molecule has 0 spiro atoms. The second kappa shape index (κ2) is 5.48. The molecule has 12 heavy (non-hydrogen) atoms. The topological polar surface area (TPSA) is 69.9 Å². The molecule has 0 aromatic rings. The lowest BCUT2D eigenvalue weighted by molar-refractivity contribution is -0.0171. The van der Waals surface area contributed by atoms with Gasteiger partial charge in [0.15, 0.2) is 0 Å². The quantitative estimate of drug-likeness (QED) is 0.507. The highest BCUT2D eigenvalue weighted by molar-refractivity contribution is 4.87. The fourth-order valence-electron chi connectivity index (χ4n) is 1.09. The molecule has 4 heteroatoms. The van der Waals surface area contributed by atoms with E-state index >= 15 is 0 Å². The first-order valence-electron chi connectivity index (χ1n) is 4.29. The third-order valence-electron chi connectivity index (χ3n) is 1.78. The van der Waals surface area contributed by atoms with E-state index in [-0.39, 0.29) is 12.7 Å². The summed E-state index contributed by atoms with van der Waals surface area (Å²) in [5.74, 6) is 0. The van der Waals surface area contributed by atoms with E-state index in [9.17, 15) is 0 Å². The molecule has 0 aromatic carbocycles. The van der Waals surface area contributed by atoms with Gasteiger partial charge in [-0.15, -0.1) is 0 Å². The van der Waals surface area contributed by atoms with E-state index in [1.54, 1.807) is 6.92 Å². The predicted octanol–water partition coefficient (Wildman–Crippen LogP) is -0.486. The smallest absolute Gasteiger partial charge is 0.111 e. The number of rotatable bonds is 1. The molecule has 0 radical (unpaired) electrons. The maximum absolute atomic E-state index is 9.09. The van der Waals surface area contributed by atoms with Crippen LogP contribution in [0.25, 0.3) is 0 Å². The predicted molar refractivity (Wildman–Crippen MR) is 44.8 cm³/mol. The largest absolute Gasteiger partial charge is 0.394 e. The van der Waals surface area contributed by atoms with Gasteiger partial charge in [-0.1, -0.05) is 13.8 Å². The number of aliphatic hydroxyl groups excluding tert-OH is 3. The Bertz CT molecular complexity index is 118. The summed E-state index contributed by atoms with van der Waals surface area (Å²) in [4.78, 5) is 0. The van der Waals surface area contributed by atoms with Crippen LogP contribution in [0.5, 0.6) is 0 Å². The SMILES string of the molecule is CC.CC1O[C@H](CO)[C@@H](O)[C@H]1O. The lowest BCUT2D eigenvalue weighted by atomic mass is 10.1. The van der Waals surface area contributed by atoms with Gasteiger partial charge in [0, 0.05) is 0 Å². The Morgan fingerprint density at radius 3 is 1.83 bits per heavy atom. The molecule has 0 aliphatic carbocycles. The molecule has 0 bridgehead atoms. The lowest BCUT2D eigenvalue weighted by Crippen LogP contribution is -2.33. The van der Waals surface area contributed by atoms with Crippen molar-refractivity contribution in [3.8, 4) is 0 Å². The van der Waals surface area contributed by atoms with E-state index in [1.807, 2.05) is 13.8 Å².